The maximum Gasteiger partial charge on any atom is 0.231 e. The number of carbonyl (C=O) groups excluding carboxylic acids is 1. The SMILES string of the molecule is CC(C)(c1ccc(-c2ccccc2F)cc1)c1cc(NC(N)=NCC(=O)[O-])on1. The predicted octanol–water partition coefficient (Wildman–Crippen LogP) is 2.28. The minimum absolute atomic E-state index is 0.121. The van der Waals surface area contributed by atoms with Crippen molar-refractivity contribution in [3.05, 3.63) is 71.7 Å². The molecular weight excluding hydrogens is 375 g/mol. The third-order valence-corrected chi connectivity index (χ3v) is 4.57. The van der Waals surface area contributed by atoms with Crippen LogP contribution in [-0.4, -0.2) is 23.6 Å². The molecule has 0 saturated carbocycles. The molecule has 3 rings (SSSR count). The van der Waals surface area contributed by atoms with Crippen molar-refractivity contribution in [2.24, 2.45) is 10.7 Å². The second-order valence-electron chi connectivity index (χ2n) is 6.96. The van der Waals surface area contributed by atoms with Gasteiger partial charge in [-0.2, -0.15) is 0 Å². The molecule has 29 heavy (non-hydrogen) atoms. The standard InChI is InChI=1S/C21H21FN4O3/c1-21(2,17-11-18(29-26-17)25-20(23)24-12-19(27)28)14-9-7-13(8-10-14)15-5-3-4-6-16(15)22/h3-11H,12H2,1-2H3,(H,27,28)(H3,23,24,25)/p-1. The highest BCUT2D eigenvalue weighted by Crippen LogP contribution is 2.33. The van der Waals surface area contributed by atoms with Crippen LogP contribution in [0, 0.1) is 5.82 Å². The Kier molecular flexibility index (Phi) is 5.63. The van der Waals surface area contributed by atoms with Crippen molar-refractivity contribution in [2.75, 3.05) is 11.9 Å². The first-order valence-electron chi connectivity index (χ1n) is 8.87. The van der Waals surface area contributed by atoms with Crippen molar-refractivity contribution in [3.8, 4) is 11.1 Å². The quantitative estimate of drug-likeness (QED) is 0.489. The van der Waals surface area contributed by atoms with Crippen LogP contribution < -0.4 is 16.2 Å². The molecular formula is C21H20FN4O3-. The minimum Gasteiger partial charge on any atom is -0.548 e. The number of guanidine groups is 1. The van der Waals surface area contributed by atoms with Crippen molar-refractivity contribution in [1.29, 1.82) is 0 Å². The van der Waals surface area contributed by atoms with Gasteiger partial charge in [-0.25, -0.2) is 9.38 Å². The number of nitrogens with zero attached hydrogens (tertiary/aromatic N) is 2. The number of rotatable bonds is 6. The van der Waals surface area contributed by atoms with E-state index < -0.39 is 17.9 Å². The summed E-state index contributed by atoms with van der Waals surface area (Å²) in [6.45, 7) is 3.39. The average Bonchev–Trinajstić information content (AvgIpc) is 3.16. The van der Waals surface area contributed by atoms with E-state index in [0.717, 1.165) is 11.1 Å². The Morgan fingerprint density at radius 1 is 1.24 bits per heavy atom. The van der Waals surface area contributed by atoms with Crippen LogP contribution in [0.15, 0.2) is 64.1 Å². The lowest BCUT2D eigenvalue weighted by Crippen LogP contribution is -2.29. The molecule has 1 aromatic heterocycles. The first-order chi connectivity index (χ1) is 13.8. The lowest BCUT2D eigenvalue weighted by molar-refractivity contribution is -0.303. The van der Waals surface area contributed by atoms with Gasteiger partial charge < -0.3 is 20.2 Å². The Morgan fingerprint density at radius 3 is 2.59 bits per heavy atom. The molecule has 0 unspecified atom stereocenters. The number of benzene rings is 2. The molecule has 0 fully saturated rings. The summed E-state index contributed by atoms with van der Waals surface area (Å²) in [5, 5.41) is 17.1. The van der Waals surface area contributed by atoms with Crippen LogP contribution in [0.3, 0.4) is 0 Å². The molecule has 0 aliphatic heterocycles. The van der Waals surface area contributed by atoms with E-state index in [-0.39, 0.29) is 17.7 Å². The fraction of sp³-hybridized carbons (Fsp3) is 0.190. The van der Waals surface area contributed by atoms with E-state index in [1.54, 1.807) is 24.3 Å². The number of aliphatic imine (C=N–C) groups is 1. The third kappa shape index (κ3) is 4.60. The number of aromatic nitrogens is 1. The van der Waals surface area contributed by atoms with E-state index in [1.807, 2.05) is 38.1 Å². The Labute approximate surface area is 167 Å². The maximum atomic E-state index is 14.0. The summed E-state index contributed by atoms with van der Waals surface area (Å²) >= 11 is 0. The average molecular weight is 395 g/mol. The van der Waals surface area contributed by atoms with Gasteiger partial charge in [-0.05, 0) is 17.2 Å². The molecule has 0 radical (unpaired) electrons. The summed E-state index contributed by atoms with van der Waals surface area (Å²) < 4.78 is 19.2. The monoisotopic (exact) mass is 395 g/mol. The second-order valence-corrected chi connectivity index (χ2v) is 6.96. The van der Waals surface area contributed by atoms with Crippen LogP contribution in [0.5, 0.6) is 0 Å². The number of nitrogens with two attached hydrogens (primary N) is 1. The number of carboxylic acid groups (broad SMARTS) is 1. The highest BCUT2D eigenvalue weighted by Gasteiger charge is 2.27. The van der Waals surface area contributed by atoms with Crippen LogP contribution in [0.1, 0.15) is 25.1 Å². The molecule has 3 N–H and O–H groups in total. The van der Waals surface area contributed by atoms with E-state index in [2.05, 4.69) is 15.5 Å². The number of nitrogens with one attached hydrogen (secondary N) is 1. The Balaban J connectivity index is 1.79. The summed E-state index contributed by atoms with van der Waals surface area (Å²) in [6, 6.07) is 15.8. The van der Waals surface area contributed by atoms with E-state index in [9.17, 15) is 14.3 Å². The second kappa shape index (κ2) is 8.14. The molecule has 150 valence electrons. The zero-order chi connectivity index (χ0) is 21.0. The van der Waals surface area contributed by atoms with Crippen LogP contribution in [0.25, 0.3) is 11.1 Å². The van der Waals surface area contributed by atoms with E-state index in [0.29, 0.717) is 11.3 Å². The normalized spacial score (nSPS) is 12.0. The Hall–Kier alpha value is -3.68. The van der Waals surface area contributed by atoms with E-state index in [1.165, 1.54) is 6.07 Å². The molecule has 8 heteroatoms. The van der Waals surface area contributed by atoms with Crippen LogP contribution in [-0.2, 0) is 10.2 Å². The number of aliphatic carboxylic acids is 1. The number of carboxylic acids is 1. The lowest BCUT2D eigenvalue weighted by Gasteiger charge is -2.22. The van der Waals surface area contributed by atoms with Gasteiger partial charge in [0.15, 0.2) is 5.96 Å². The molecule has 0 saturated heterocycles. The highest BCUT2D eigenvalue weighted by atomic mass is 19.1. The topological polar surface area (TPSA) is 117 Å². The van der Waals surface area contributed by atoms with Gasteiger partial charge >= 0.3 is 0 Å². The summed E-state index contributed by atoms with van der Waals surface area (Å²) in [5.74, 6) is -1.50. The van der Waals surface area contributed by atoms with Crippen molar-refractivity contribution < 1.29 is 18.8 Å². The molecule has 7 nitrogen and oxygen atoms in total. The summed E-state index contributed by atoms with van der Waals surface area (Å²) in [6.07, 6.45) is 0. The van der Waals surface area contributed by atoms with Crippen molar-refractivity contribution in [3.63, 3.8) is 0 Å². The number of hydrogen-bond donors (Lipinski definition) is 2. The first kappa shape index (κ1) is 20.1. The van der Waals surface area contributed by atoms with E-state index in [4.69, 9.17) is 10.3 Å². The van der Waals surface area contributed by atoms with Gasteiger partial charge in [-0.15, -0.1) is 0 Å². The number of halogens is 1. The Bertz CT molecular complexity index is 1040. The molecule has 0 aliphatic rings. The Morgan fingerprint density at radius 2 is 1.93 bits per heavy atom. The highest BCUT2D eigenvalue weighted by molar-refractivity contribution is 5.92. The van der Waals surface area contributed by atoms with Gasteiger partial charge in [0.25, 0.3) is 0 Å². The molecule has 0 aliphatic carbocycles. The molecule has 3 aromatic rings. The van der Waals surface area contributed by atoms with Gasteiger partial charge in [0.2, 0.25) is 5.88 Å². The fourth-order valence-electron chi connectivity index (χ4n) is 2.85. The largest absolute Gasteiger partial charge is 0.548 e. The molecule has 0 amide bonds. The predicted molar refractivity (Wildman–Crippen MR) is 106 cm³/mol. The minimum atomic E-state index is -1.34. The van der Waals surface area contributed by atoms with Crippen LogP contribution in [0.4, 0.5) is 10.3 Å². The van der Waals surface area contributed by atoms with Crippen molar-refractivity contribution in [2.45, 2.75) is 19.3 Å². The zero-order valence-corrected chi connectivity index (χ0v) is 16.0. The number of carbonyl (C=O) groups is 1. The van der Waals surface area contributed by atoms with Gasteiger partial charge in [-0.3, -0.25) is 5.32 Å². The number of hydrogen-bond acceptors (Lipinski definition) is 5. The fourth-order valence-corrected chi connectivity index (χ4v) is 2.85. The lowest BCUT2D eigenvalue weighted by atomic mass is 9.81. The molecule has 1 heterocycles. The van der Waals surface area contributed by atoms with Crippen molar-refractivity contribution >= 4 is 17.8 Å². The summed E-state index contributed by atoms with van der Waals surface area (Å²) in [5.41, 5.74) is 7.99. The van der Waals surface area contributed by atoms with Gasteiger partial charge in [0.1, 0.15) is 5.82 Å². The molecule has 0 spiro atoms. The zero-order valence-electron chi connectivity index (χ0n) is 16.0. The maximum absolute atomic E-state index is 14.0. The van der Waals surface area contributed by atoms with Crippen LogP contribution >= 0.6 is 0 Å². The van der Waals surface area contributed by atoms with Crippen LogP contribution in [0.2, 0.25) is 0 Å². The van der Waals surface area contributed by atoms with Gasteiger partial charge in [0.05, 0.1) is 18.2 Å². The molecule has 0 bridgehead atoms. The molecule has 0 atom stereocenters. The summed E-state index contributed by atoms with van der Waals surface area (Å²) in [4.78, 5) is 14.0. The van der Waals surface area contributed by atoms with Crippen molar-refractivity contribution in [1.82, 2.24) is 5.16 Å². The first-order valence-corrected chi connectivity index (χ1v) is 8.87. The number of anilines is 1. The van der Waals surface area contributed by atoms with E-state index >= 15 is 0 Å². The third-order valence-electron chi connectivity index (χ3n) is 4.57. The summed E-state index contributed by atoms with van der Waals surface area (Å²) in [7, 11) is 0. The smallest absolute Gasteiger partial charge is 0.231 e. The van der Waals surface area contributed by atoms with Gasteiger partial charge in [0, 0.05) is 17.0 Å². The van der Waals surface area contributed by atoms with Gasteiger partial charge in [-0.1, -0.05) is 61.5 Å². The molecule has 2 aromatic carbocycles.